The molecule has 0 aromatic carbocycles. The summed E-state index contributed by atoms with van der Waals surface area (Å²) in [6.45, 7) is 3.51. The number of halogens is 1. The minimum absolute atomic E-state index is 0.475. The Balaban J connectivity index is 2.46. The summed E-state index contributed by atoms with van der Waals surface area (Å²) in [5.41, 5.74) is -0.775. The van der Waals surface area contributed by atoms with Gasteiger partial charge in [-0.3, -0.25) is 0 Å². The van der Waals surface area contributed by atoms with Crippen LogP contribution in [0.2, 0.25) is 0 Å². The lowest BCUT2D eigenvalue weighted by Gasteiger charge is -2.30. The maximum atomic E-state index is 12.5. The van der Waals surface area contributed by atoms with Crippen LogP contribution >= 0.6 is 0 Å². The molecule has 0 amide bonds. The van der Waals surface area contributed by atoms with Crippen LogP contribution in [-0.2, 0) is 0 Å². The molecule has 1 N–H and O–H groups in total. The van der Waals surface area contributed by atoms with E-state index < -0.39 is 11.8 Å². The van der Waals surface area contributed by atoms with Gasteiger partial charge in [0.1, 0.15) is 6.17 Å². The van der Waals surface area contributed by atoms with Crippen LogP contribution in [0.3, 0.4) is 0 Å². The molecule has 1 rings (SSSR count). The van der Waals surface area contributed by atoms with E-state index in [0.717, 1.165) is 0 Å². The quantitative estimate of drug-likeness (QED) is 0.556. The molecule has 0 atom stereocenters. The zero-order chi connectivity index (χ0) is 7.61. The van der Waals surface area contributed by atoms with Crippen LogP contribution in [-0.4, -0.2) is 16.9 Å². The van der Waals surface area contributed by atoms with Gasteiger partial charge in [0.15, 0.2) is 0 Å². The number of rotatable bonds is 1. The molecule has 2 heteroatoms. The van der Waals surface area contributed by atoms with Gasteiger partial charge in [0.2, 0.25) is 0 Å². The van der Waals surface area contributed by atoms with Gasteiger partial charge in [-0.1, -0.05) is 6.08 Å². The Bertz CT molecular complexity index is 125. The molecule has 0 radical (unpaired) electrons. The summed E-state index contributed by atoms with van der Waals surface area (Å²) in [4.78, 5) is 0. The molecule has 0 aromatic rings. The first-order valence-electron chi connectivity index (χ1n) is 3.66. The van der Waals surface area contributed by atoms with Gasteiger partial charge in [-0.15, -0.1) is 6.58 Å². The van der Waals surface area contributed by atoms with Crippen molar-refractivity contribution in [1.82, 2.24) is 0 Å². The normalized spacial score (nSPS) is 41.2. The Hall–Kier alpha value is -0.370. The molecule has 0 aliphatic heterocycles. The van der Waals surface area contributed by atoms with E-state index in [9.17, 15) is 9.50 Å². The third-order valence-corrected chi connectivity index (χ3v) is 2.16. The Morgan fingerprint density at radius 3 is 2.40 bits per heavy atom. The second kappa shape index (κ2) is 2.70. The van der Waals surface area contributed by atoms with Crippen molar-refractivity contribution in [2.24, 2.45) is 0 Å². The molecular weight excluding hydrogens is 131 g/mol. The van der Waals surface area contributed by atoms with Gasteiger partial charge >= 0.3 is 0 Å². The molecule has 1 fully saturated rings. The third-order valence-electron chi connectivity index (χ3n) is 2.16. The third kappa shape index (κ3) is 1.57. The van der Waals surface area contributed by atoms with Crippen LogP contribution in [0.15, 0.2) is 12.7 Å². The molecular formula is C8H13FO. The molecule has 1 saturated carbocycles. The topological polar surface area (TPSA) is 20.2 Å². The molecule has 0 heterocycles. The molecule has 0 aromatic heterocycles. The van der Waals surface area contributed by atoms with E-state index in [2.05, 4.69) is 6.58 Å². The lowest BCUT2D eigenvalue weighted by Crippen LogP contribution is -2.31. The van der Waals surface area contributed by atoms with E-state index >= 15 is 0 Å². The molecule has 1 aliphatic rings. The highest BCUT2D eigenvalue weighted by Crippen LogP contribution is 2.30. The fourth-order valence-electron chi connectivity index (χ4n) is 1.29. The molecule has 0 bridgehead atoms. The number of aliphatic hydroxyl groups is 1. The van der Waals surface area contributed by atoms with Crippen molar-refractivity contribution in [2.75, 3.05) is 0 Å². The van der Waals surface area contributed by atoms with Crippen molar-refractivity contribution in [1.29, 1.82) is 0 Å². The summed E-state index contributed by atoms with van der Waals surface area (Å²) in [6.07, 6.45) is 2.82. The van der Waals surface area contributed by atoms with Crippen LogP contribution in [0.25, 0.3) is 0 Å². The van der Waals surface area contributed by atoms with E-state index in [1.807, 2.05) is 0 Å². The summed E-state index contributed by atoms with van der Waals surface area (Å²) < 4.78 is 12.5. The van der Waals surface area contributed by atoms with Crippen LogP contribution in [0.4, 0.5) is 4.39 Å². The lowest BCUT2D eigenvalue weighted by molar-refractivity contribution is 0.0275. The van der Waals surface area contributed by atoms with Crippen LogP contribution in [0, 0.1) is 0 Å². The zero-order valence-electron chi connectivity index (χ0n) is 6.02. The molecule has 58 valence electrons. The number of alkyl halides is 1. The van der Waals surface area contributed by atoms with E-state index in [-0.39, 0.29) is 0 Å². The molecule has 0 saturated heterocycles. The van der Waals surface area contributed by atoms with Gasteiger partial charge in [-0.25, -0.2) is 4.39 Å². The highest BCUT2D eigenvalue weighted by atomic mass is 19.1. The van der Waals surface area contributed by atoms with E-state index in [4.69, 9.17) is 0 Å². The SMILES string of the molecule is C=C[C@]1(O)CC[C@H](F)CC1. The van der Waals surface area contributed by atoms with E-state index in [1.54, 1.807) is 0 Å². The molecule has 1 aliphatic carbocycles. The molecule has 10 heavy (non-hydrogen) atoms. The van der Waals surface area contributed by atoms with Crippen LogP contribution in [0.5, 0.6) is 0 Å². The molecule has 1 nitrogen and oxygen atoms in total. The lowest BCUT2D eigenvalue weighted by atomic mass is 9.84. The predicted octanol–water partition coefficient (Wildman–Crippen LogP) is 1.82. The zero-order valence-corrected chi connectivity index (χ0v) is 6.02. The minimum Gasteiger partial charge on any atom is -0.386 e. The summed E-state index contributed by atoms with van der Waals surface area (Å²) in [5, 5.41) is 9.51. The monoisotopic (exact) mass is 144 g/mol. The Morgan fingerprint density at radius 2 is 2.00 bits per heavy atom. The van der Waals surface area contributed by atoms with Gasteiger partial charge < -0.3 is 5.11 Å². The number of hydrogen-bond donors (Lipinski definition) is 1. The highest BCUT2D eigenvalue weighted by Gasteiger charge is 2.29. The van der Waals surface area contributed by atoms with E-state index in [1.165, 1.54) is 6.08 Å². The summed E-state index contributed by atoms with van der Waals surface area (Å²) in [7, 11) is 0. The Labute approximate surface area is 60.6 Å². The van der Waals surface area contributed by atoms with Crippen molar-refractivity contribution in [3.05, 3.63) is 12.7 Å². The standard InChI is InChI=1S/C8H13FO/c1-2-8(10)5-3-7(9)4-6-8/h2,7,10H,1,3-6H2/t7-,8-. The summed E-state index contributed by atoms with van der Waals surface area (Å²) >= 11 is 0. The van der Waals surface area contributed by atoms with Crippen LogP contribution < -0.4 is 0 Å². The summed E-state index contributed by atoms with van der Waals surface area (Å²) in [5.74, 6) is 0. The Morgan fingerprint density at radius 1 is 1.50 bits per heavy atom. The predicted molar refractivity (Wildman–Crippen MR) is 38.5 cm³/mol. The van der Waals surface area contributed by atoms with Crippen molar-refractivity contribution < 1.29 is 9.50 Å². The largest absolute Gasteiger partial charge is 0.386 e. The number of hydrogen-bond acceptors (Lipinski definition) is 1. The first-order chi connectivity index (χ1) is 4.66. The van der Waals surface area contributed by atoms with E-state index in [0.29, 0.717) is 25.7 Å². The molecule has 0 unspecified atom stereocenters. The van der Waals surface area contributed by atoms with Crippen molar-refractivity contribution in [3.8, 4) is 0 Å². The summed E-state index contributed by atoms with van der Waals surface area (Å²) in [6, 6.07) is 0. The van der Waals surface area contributed by atoms with Gasteiger partial charge in [-0.05, 0) is 25.7 Å². The first kappa shape index (κ1) is 7.73. The average molecular weight is 144 g/mol. The van der Waals surface area contributed by atoms with Gasteiger partial charge in [0, 0.05) is 0 Å². The van der Waals surface area contributed by atoms with Gasteiger partial charge in [0.05, 0.1) is 5.60 Å². The Kier molecular flexibility index (Phi) is 2.09. The second-order valence-electron chi connectivity index (χ2n) is 2.98. The second-order valence-corrected chi connectivity index (χ2v) is 2.98. The molecule has 0 spiro atoms. The average Bonchev–Trinajstić information content (AvgIpc) is 1.96. The maximum Gasteiger partial charge on any atom is 0.100 e. The van der Waals surface area contributed by atoms with Gasteiger partial charge in [0.25, 0.3) is 0 Å². The van der Waals surface area contributed by atoms with Crippen LogP contribution in [0.1, 0.15) is 25.7 Å². The highest BCUT2D eigenvalue weighted by molar-refractivity contribution is 4.98. The minimum atomic E-state index is -0.775. The maximum absolute atomic E-state index is 12.5. The van der Waals surface area contributed by atoms with Crippen molar-refractivity contribution >= 4 is 0 Å². The van der Waals surface area contributed by atoms with Crippen molar-refractivity contribution in [3.63, 3.8) is 0 Å². The van der Waals surface area contributed by atoms with Crippen molar-refractivity contribution in [2.45, 2.75) is 37.5 Å². The smallest absolute Gasteiger partial charge is 0.100 e. The first-order valence-corrected chi connectivity index (χ1v) is 3.66. The fourth-order valence-corrected chi connectivity index (χ4v) is 1.29. The fraction of sp³-hybridized carbons (Fsp3) is 0.750. The van der Waals surface area contributed by atoms with Gasteiger partial charge in [-0.2, -0.15) is 0 Å².